The number of aryl methyl sites for hydroxylation is 1. The van der Waals surface area contributed by atoms with Crippen molar-refractivity contribution in [1.29, 1.82) is 0 Å². The quantitative estimate of drug-likeness (QED) is 0.751. The molecule has 2 aromatic rings. The van der Waals surface area contributed by atoms with Crippen molar-refractivity contribution in [3.63, 3.8) is 0 Å². The maximum absolute atomic E-state index is 11.6. The molecule has 3 N–H and O–H groups in total. The summed E-state index contributed by atoms with van der Waals surface area (Å²) in [5.41, 5.74) is 6.68. The van der Waals surface area contributed by atoms with Gasteiger partial charge in [0, 0.05) is 19.4 Å². The van der Waals surface area contributed by atoms with Crippen LogP contribution in [0.4, 0.5) is 11.4 Å². The highest BCUT2D eigenvalue weighted by Gasteiger charge is 2.05. The monoisotopic (exact) mass is 220 g/mol. The molecule has 0 aliphatic rings. The molecular formula is C9H12N6O. The predicted octanol–water partition coefficient (Wildman–Crippen LogP) is -0.163. The van der Waals surface area contributed by atoms with Gasteiger partial charge in [0.1, 0.15) is 6.54 Å². The standard InChI is InChI=1S/C9H12N6O/c1-14-5-8(3-11-14)13-9(16)6-15-4-7(10)2-12-15/h2-5H,6,10H2,1H3,(H,13,16). The summed E-state index contributed by atoms with van der Waals surface area (Å²) in [7, 11) is 1.78. The van der Waals surface area contributed by atoms with E-state index in [1.165, 1.54) is 10.9 Å². The van der Waals surface area contributed by atoms with Crippen LogP contribution in [0.25, 0.3) is 0 Å². The van der Waals surface area contributed by atoms with Crippen LogP contribution in [-0.4, -0.2) is 25.5 Å². The van der Waals surface area contributed by atoms with Gasteiger partial charge in [-0.2, -0.15) is 10.2 Å². The smallest absolute Gasteiger partial charge is 0.246 e. The Morgan fingerprint density at radius 2 is 2.25 bits per heavy atom. The van der Waals surface area contributed by atoms with Crippen molar-refractivity contribution >= 4 is 17.3 Å². The Morgan fingerprint density at radius 3 is 2.81 bits per heavy atom. The average Bonchev–Trinajstić information content (AvgIpc) is 2.76. The van der Waals surface area contributed by atoms with Crippen LogP contribution in [0.3, 0.4) is 0 Å². The van der Waals surface area contributed by atoms with E-state index in [1.54, 1.807) is 30.3 Å². The minimum absolute atomic E-state index is 0.131. The Kier molecular flexibility index (Phi) is 2.59. The maximum Gasteiger partial charge on any atom is 0.246 e. The van der Waals surface area contributed by atoms with E-state index in [0.29, 0.717) is 11.4 Å². The summed E-state index contributed by atoms with van der Waals surface area (Å²) in [5, 5.41) is 10.5. The number of nitrogen functional groups attached to an aromatic ring is 1. The first-order valence-corrected chi connectivity index (χ1v) is 4.70. The van der Waals surface area contributed by atoms with Crippen LogP contribution in [0, 0.1) is 0 Å². The second-order valence-electron chi connectivity index (χ2n) is 3.42. The predicted molar refractivity (Wildman–Crippen MR) is 58.5 cm³/mol. The van der Waals surface area contributed by atoms with Crippen molar-refractivity contribution in [2.24, 2.45) is 7.05 Å². The molecule has 7 nitrogen and oxygen atoms in total. The van der Waals surface area contributed by atoms with E-state index in [2.05, 4.69) is 15.5 Å². The third-order valence-electron chi connectivity index (χ3n) is 1.95. The Bertz CT molecular complexity index is 455. The lowest BCUT2D eigenvalue weighted by Gasteiger charge is -2.01. The van der Waals surface area contributed by atoms with E-state index < -0.39 is 0 Å². The summed E-state index contributed by atoms with van der Waals surface area (Å²) >= 11 is 0. The van der Waals surface area contributed by atoms with E-state index in [1.807, 2.05) is 0 Å². The molecule has 2 aromatic heterocycles. The van der Waals surface area contributed by atoms with Crippen LogP contribution in [0.15, 0.2) is 24.8 Å². The zero-order chi connectivity index (χ0) is 11.5. The zero-order valence-corrected chi connectivity index (χ0v) is 8.79. The fourth-order valence-electron chi connectivity index (χ4n) is 1.30. The van der Waals surface area contributed by atoms with Crippen LogP contribution in [0.5, 0.6) is 0 Å². The average molecular weight is 220 g/mol. The molecule has 16 heavy (non-hydrogen) atoms. The number of hydrogen-bond donors (Lipinski definition) is 2. The van der Waals surface area contributed by atoms with Gasteiger partial charge in [0.15, 0.2) is 0 Å². The molecule has 0 fully saturated rings. The molecule has 0 atom stereocenters. The number of rotatable bonds is 3. The van der Waals surface area contributed by atoms with Gasteiger partial charge in [0.2, 0.25) is 5.91 Å². The van der Waals surface area contributed by atoms with Gasteiger partial charge in [0.25, 0.3) is 0 Å². The second-order valence-corrected chi connectivity index (χ2v) is 3.42. The molecule has 0 spiro atoms. The molecule has 84 valence electrons. The molecule has 0 saturated carbocycles. The van der Waals surface area contributed by atoms with Gasteiger partial charge in [0.05, 0.1) is 23.8 Å². The molecule has 7 heteroatoms. The van der Waals surface area contributed by atoms with E-state index in [-0.39, 0.29) is 12.5 Å². The minimum atomic E-state index is -0.170. The lowest BCUT2D eigenvalue weighted by molar-refractivity contribution is -0.116. The van der Waals surface area contributed by atoms with E-state index >= 15 is 0 Å². The van der Waals surface area contributed by atoms with Crippen LogP contribution >= 0.6 is 0 Å². The number of amides is 1. The normalized spacial score (nSPS) is 10.3. The highest BCUT2D eigenvalue weighted by molar-refractivity contribution is 5.90. The molecule has 0 saturated heterocycles. The Balaban J connectivity index is 1.94. The SMILES string of the molecule is Cn1cc(NC(=O)Cn2cc(N)cn2)cn1. The molecule has 2 rings (SSSR count). The first-order chi connectivity index (χ1) is 7.63. The molecule has 0 aliphatic carbocycles. The maximum atomic E-state index is 11.6. The molecule has 2 heterocycles. The van der Waals surface area contributed by atoms with Crippen molar-refractivity contribution in [2.45, 2.75) is 6.54 Å². The minimum Gasteiger partial charge on any atom is -0.396 e. The highest BCUT2D eigenvalue weighted by atomic mass is 16.2. The van der Waals surface area contributed by atoms with Crippen LogP contribution in [0.2, 0.25) is 0 Å². The zero-order valence-electron chi connectivity index (χ0n) is 8.79. The lowest BCUT2D eigenvalue weighted by Crippen LogP contribution is -2.18. The molecule has 0 aliphatic heterocycles. The second kappa shape index (κ2) is 4.05. The molecule has 0 radical (unpaired) electrons. The van der Waals surface area contributed by atoms with Gasteiger partial charge in [-0.25, -0.2) is 0 Å². The van der Waals surface area contributed by atoms with Crippen molar-refractivity contribution in [3.8, 4) is 0 Å². The Hall–Kier alpha value is -2.31. The number of nitrogens with two attached hydrogens (primary N) is 1. The summed E-state index contributed by atoms with van der Waals surface area (Å²) in [6.45, 7) is 0.131. The Labute approximate surface area is 91.8 Å². The van der Waals surface area contributed by atoms with Crippen LogP contribution in [0.1, 0.15) is 0 Å². The molecule has 0 unspecified atom stereocenters. The van der Waals surface area contributed by atoms with Crippen LogP contribution < -0.4 is 11.1 Å². The number of nitrogens with zero attached hydrogens (tertiary/aromatic N) is 4. The summed E-state index contributed by atoms with van der Waals surface area (Å²) in [5.74, 6) is -0.170. The number of hydrogen-bond acceptors (Lipinski definition) is 4. The van der Waals surface area contributed by atoms with Gasteiger partial charge >= 0.3 is 0 Å². The largest absolute Gasteiger partial charge is 0.396 e. The molecule has 1 amide bonds. The number of anilines is 2. The van der Waals surface area contributed by atoms with Gasteiger partial charge in [-0.05, 0) is 0 Å². The highest BCUT2D eigenvalue weighted by Crippen LogP contribution is 2.04. The fraction of sp³-hybridized carbons (Fsp3) is 0.222. The molecule has 0 bridgehead atoms. The first kappa shape index (κ1) is 10.2. The van der Waals surface area contributed by atoms with E-state index in [4.69, 9.17) is 5.73 Å². The van der Waals surface area contributed by atoms with Crippen LogP contribution in [-0.2, 0) is 18.4 Å². The topological polar surface area (TPSA) is 90.8 Å². The number of nitrogens with one attached hydrogen (secondary N) is 1. The van der Waals surface area contributed by atoms with Crippen molar-refractivity contribution in [1.82, 2.24) is 19.6 Å². The van der Waals surface area contributed by atoms with Gasteiger partial charge < -0.3 is 11.1 Å². The van der Waals surface area contributed by atoms with Crippen molar-refractivity contribution in [3.05, 3.63) is 24.8 Å². The lowest BCUT2D eigenvalue weighted by atomic mass is 10.5. The summed E-state index contributed by atoms with van der Waals surface area (Å²) in [4.78, 5) is 11.6. The number of carbonyl (C=O) groups excluding carboxylic acids is 1. The van der Waals surface area contributed by atoms with Gasteiger partial charge in [-0.1, -0.05) is 0 Å². The summed E-state index contributed by atoms with van der Waals surface area (Å²) in [6, 6.07) is 0. The third kappa shape index (κ3) is 2.38. The molecular weight excluding hydrogens is 208 g/mol. The van der Waals surface area contributed by atoms with Gasteiger partial charge in [-0.3, -0.25) is 14.2 Å². The van der Waals surface area contributed by atoms with E-state index in [0.717, 1.165) is 0 Å². The fourth-order valence-corrected chi connectivity index (χ4v) is 1.30. The van der Waals surface area contributed by atoms with Crippen molar-refractivity contribution < 1.29 is 4.79 Å². The van der Waals surface area contributed by atoms with Crippen molar-refractivity contribution in [2.75, 3.05) is 11.1 Å². The summed E-state index contributed by atoms with van der Waals surface area (Å²) < 4.78 is 3.09. The first-order valence-electron chi connectivity index (χ1n) is 4.70. The molecule has 0 aromatic carbocycles. The van der Waals surface area contributed by atoms with E-state index in [9.17, 15) is 4.79 Å². The Morgan fingerprint density at radius 1 is 1.44 bits per heavy atom. The number of carbonyl (C=O) groups is 1. The summed E-state index contributed by atoms with van der Waals surface area (Å²) in [6.07, 6.45) is 6.39. The third-order valence-corrected chi connectivity index (χ3v) is 1.95. The van der Waals surface area contributed by atoms with Gasteiger partial charge in [-0.15, -0.1) is 0 Å². The number of aromatic nitrogens is 4.